The second-order valence-electron chi connectivity index (χ2n) is 5.61. The van der Waals surface area contributed by atoms with Gasteiger partial charge in [-0.1, -0.05) is 30.0 Å². The predicted molar refractivity (Wildman–Crippen MR) is 98.6 cm³/mol. The van der Waals surface area contributed by atoms with Crippen molar-refractivity contribution in [2.75, 3.05) is 11.9 Å². The monoisotopic (exact) mass is 366 g/mol. The van der Waals surface area contributed by atoms with Gasteiger partial charge in [0.1, 0.15) is 0 Å². The van der Waals surface area contributed by atoms with Crippen molar-refractivity contribution in [3.05, 3.63) is 22.5 Å². The van der Waals surface area contributed by atoms with Crippen molar-refractivity contribution in [2.24, 2.45) is 0 Å². The molecule has 2 N–H and O–H groups in total. The Hall–Kier alpha value is -1.67. The first kappa shape index (κ1) is 18.7. The number of aryl methyl sites for hydroxylation is 1. The highest BCUT2D eigenvalue weighted by Crippen LogP contribution is 2.31. The number of aromatic nitrogens is 3. The van der Waals surface area contributed by atoms with Crippen LogP contribution in [0.4, 0.5) is 5.13 Å². The summed E-state index contributed by atoms with van der Waals surface area (Å²) in [6.07, 6.45) is 1.01. The number of carbonyl (C=O) groups excluding carboxylic acids is 2. The minimum absolute atomic E-state index is 0.0311. The third-order valence-corrected chi connectivity index (χ3v) is 5.68. The zero-order chi connectivity index (χ0) is 17.9. The zero-order valence-electron chi connectivity index (χ0n) is 14.5. The molecule has 0 aliphatic carbocycles. The molecule has 8 heteroatoms. The lowest BCUT2D eigenvalue weighted by Gasteiger charge is -2.07. The molecule has 0 aliphatic rings. The van der Waals surface area contributed by atoms with E-state index < -0.39 is 0 Å². The molecule has 2 rings (SSSR count). The maximum atomic E-state index is 12.7. The van der Waals surface area contributed by atoms with Crippen molar-refractivity contribution >= 4 is 39.8 Å². The molecule has 0 radical (unpaired) electrons. The van der Waals surface area contributed by atoms with Crippen LogP contribution < -0.4 is 5.32 Å². The maximum absolute atomic E-state index is 12.7. The molecular formula is C16H22N4O2S2. The molecular weight excluding hydrogens is 344 g/mol. The topological polar surface area (TPSA) is 87.7 Å². The summed E-state index contributed by atoms with van der Waals surface area (Å²) in [5.74, 6) is -0.0669. The number of thioether (sulfide) groups is 1. The molecule has 130 valence electrons. The lowest BCUT2D eigenvalue weighted by atomic mass is 10.0. The highest BCUT2D eigenvalue weighted by Gasteiger charge is 2.25. The number of nitrogens with zero attached hydrogens (tertiary/aromatic N) is 2. The number of anilines is 1. The first-order valence-electron chi connectivity index (χ1n) is 7.83. The molecule has 24 heavy (non-hydrogen) atoms. The van der Waals surface area contributed by atoms with Crippen LogP contribution in [0.5, 0.6) is 0 Å². The van der Waals surface area contributed by atoms with Gasteiger partial charge >= 0.3 is 0 Å². The van der Waals surface area contributed by atoms with Crippen LogP contribution >= 0.6 is 23.1 Å². The molecule has 6 nitrogen and oxygen atoms in total. The van der Waals surface area contributed by atoms with Crippen LogP contribution in [0.2, 0.25) is 0 Å². The van der Waals surface area contributed by atoms with Crippen LogP contribution in [0.3, 0.4) is 0 Å². The van der Waals surface area contributed by atoms with Gasteiger partial charge in [-0.3, -0.25) is 9.59 Å². The summed E-state index contributed by atoms with van der Waals surface area (Å²) >= 11 is 2.83. The van der Waals surface area contributed by atoms with Crippen LogP contribution in [-0.4, -0.2) is 38.5 Å². The van der Waals surface area contributed by atoms with Gasteiger partial charge in [-0.25, -0.2) is 0 Å². The minimum atomic E-state index is -0.312. The zero-order valence-corrected chi connectivity index (χ0v) is 16.2. The lowest BCUT2D eigenvalue weighted by molar-refractivity contribution is 0.0988. The van der Waals surface area contributed by atoms with Gasteiger partial charge in [-0.05, 0) is 39.7 Å². The van der Waals surface area contributed by atoms with E-state index in [1.54, 1.807) is 0 Å². The lowest BCUT2D eigenvalue weighted by Crippen LogP contribution is -2.15. The fourth-order valence-electron chi connectivity index (χ4n) is 2.49. The summed E-state index contributed by atoms with van der Waals surface area (Å²) in [7, 11) is 0. The van der Waals surface area contributed by atoms with Gasteiger partial charge in [0.05, 0.1) is 10.9 Å². The summed E-state index contributed by atoms with van der Waals surface area (Å²) in [6.45, 7) is 9.92. The Morgan fingerprint density at radius 2 is 2.04 bits per heavy atom. The van der Waals surface area contributed by atoms with E-state index in [9.17, 15) is 9.59 Å². The van der Waals surface area contributed by atoms with E-state index in [0.29, 0.717) is 11.3 Å². The van der Waals surface area contributed by atoms with Crippen molar-refractivity contribution in [2.45, 2.75) is 50.6 Å². The SMILES string of the molecule is CCCNc1nnc(SC(C)C(=O)c2[nH]c(C)c(C(C)=O)c2C)s1. The molecule has 0 amide bonds. The predicted octanol–water partition coefficient (Wildman–Crippen LogP) is 3.87. The van der Waals surface area contributed by atoms with Gasteiger partial charge in [0.15, 0.2) is 15.9 Å². The molecule has 2 heterocycles. The number of ketones is 2. The number of H-pyrrole nitrogens is 1. The van der Waals surface area contributed by atoms with Crippen LogP contribution in [-0.2, 0) is 0 Å². The third-order valence-electron chi connectivity index (χ3n) is 3.62. The van der Waals surface area contributed by atoms with Crippen LogP contribution in [0.15, 0.2) is 4.34 Å². The van der Waals surface area contributed by atoms with Crippen LogP contribution in [0.1, 0.15) is 59.3 Å². The quantitative estimate of drug-likeness (QED) is 0.545. The van der Waals surface area contributed by atoms with E-state index in [1.165, 1.54) is 30.0 Å². The first-order chi connectivity index (χ1) is 11.3. The number of Topliss-reactive ketones (excluding diaryl/α,β-unsaturated/α-hetero) is 2. The third kappa shape index (κ3) is 4.05. The normalized spacial score (nSPS) is 12.2. The van der Waals surface area contributed by atoms with Gasteiger partial charge in [-0.15, -0.1) is 10.2 Å². The molecule has 0 saturated carbocycles. The Kier molecular flexibility index (Phi) is 6.17. The van der Waals surface area contributed by atoms with E-state index in [0.717, 1.165) is 33.7 Å². The van der Waals surface area contributed by atoms with Crippen molar-refractivity contribution in [1.29, 1.82) is 0 Å². The van der Waals surface area contributed by atoms with Gasteiger partial charge in [0.25, 0.3) is 0 Å². The summed E-state index contributed by atoms with van der Waals surface area (Å²) in [5.41, 5.74) is 2.58. The molecule has 0 aromatic carbocycles. The molecule has 2 aromatic rings. The Morgan fingerprint density at radius 3 is 2.62 bits per heavy atom. The summed E-state index contributed by atoms with van der Waals surface area (Å²) < 4.78 is 0.752. The van der Waals surface area contributed by atoms with Crippen molar-refractivity contribution in [3.63, 3.8) is 0 Å². The smallest absolute Gasteiger partial charge is 0.206 e. The Bertz CT molecular complexity index is 751. The van der Waals surface area contributed by atoms with Crippen molar-refractivity contribution in [3.8, 4) is 0 Å². The molecule has 1 unspecified atom stereocenters. The Balaban J connectivity index is 2.11. The Labute approximate surface area is 149 Å². The van der Waals surface area contributed by atoms with E-state index in [1.807, 2.05) is 20.8 Å². The second kappa shape index (κ2) is 7.94. The molecule has 0 aliphatic heterocycles. The summed E-state index contributed by atoms with van der Waals surface area (Å²) in [4.78, 5) is 27.5. The highest BCUT2D eigenvalue weighted by molar-refractivity contribution is 8.02. The molecule has 0 spiro atoms. The van der Waals surface area contributed by atoms with E-state index in [-0.39, 0.29) is 16.8 Å². The molecule has 1 atom stereocenters. The molecule has 2 aromatic heterocycles. The second-order valence-corrected chi connectivity index (χ2v) is 8.17. The first-order valence-corrected chi connectivity index (χ1v) is 9.53. The minimum Gasteiger partial charge on any atom is -0.360 e. The van der Waals surface area contributed by atoms with Crippen LogP contribution in [0.25, 0.3) is 0 Å². The molecule has 0 fully saturated rings. The number of nitrogens with one attached hydrogen (secondary N) is 2. The van der Waals surface area contributed by atoms with E-state index in [4.69, 9.17) is 0 Å². The average molecular weight is 367 g/mol. The van der Waals surface area contributed by atoms with E-state index in [2.05, 4.69) is 27.4 Å². The van der Waals surface area contributed by atoms with E-state index >= 15 is 0 Å². The van der Waals surface area contributed by atoms with Gasteiger partial charge < -0.3 is 10.3 Å². The summed E-state index contributed by atoms with van der Waals surface area (Å²) in [5, 5.41) is 11.8. The fourth-order valence-corrected chi connectivity index (χ4v) is 4.47. The van der Waals surface area contributed by atoms with Gasteiger partial charge in [-0.2, -0.15) is 0 Å². The fraction of sp³-hybridized carbons (Fsp3) is 0.500. The number of carbonyl (C=O) groups is 2. The number of rotatable bonds is 8. The molecule has 0 bridgehead atoms. The average Bonchev–Trinajstić information content (AvgIpc) is 3.08. The Morgan fingerprint density at radius 1 is 1.33 bits per heavy atom. The van der Waals surface area contributed by atoms with Gasteiger partial charge in [0.2, 0.25) is 5.13 Å². The van der Waals surface area contributed by atoms with Gasteiger partial charge in [0, 0.05) is 17.8 Å². The standard InChI is InChI=1S/C16H22N4O2S2/c1-6-7-17-15-19-20-16(24-15)23-11(5)14(22)13-8(2)12(10(4)21)9(3)18-13/h11,18H,6-7H2,1-5H3,(H,17,19). The van der Waals surface area contributed by atoms with Crippen molar-refractivity contribution in [1.82, 2.24) is 15.2 Å². The highest BCUT2D eigenvalue weighted by atomic mass is 32.2. The van der Waals surface area contributed by atoms with Crippen LogP contribution in [0, 0.1) is 13.8 Å². The number of aromatic amines is 1. The summed E-state index contributed by atoms with van der Waals surface area (Å²) in [6, 6.07) is 0. The largest absolute Gasteiger partial charge is 0.360 e. The molecule has 0 saturated heterocycles. The number of hydrogen-bond acceptors (Lipinski definition) is 7. The number of hydrogen-bond donors (Lipinski definition) is 2. The van der Waals surface area contributed by atoms with Crippen molar-refractivity contribution < 1.29 is 9.59 Å². The maximum Gasteiger partial charge on any atom is 0.206 e.